The van der Waals surface area contributed by atoms with Crippen LogP contribution < -0.4 is 10.1 Å². The Morgan fingerprint density at radius 1 is 1.38 bits per heavy atom. The number of aliphatic carboxylic acids is 1. The van der Waals surface area contributed by atoms with Crippen LogP contribution in [0.1, 0.15) is 12.8 Å². The molecule has 1 aromatic rings. The van der Waals surface area contributed by atoms with Crippen molar-refractivity contribution in [1.29, 1.82) is 0 Å². The minimum atomic E-state index is -1.12. The minimum Gasteiger partial charge on any atom is -0.492 e. The highest BCUT2D eigenvalue weighted by Gasteiger charge is 2.19. The van der Waals surface area contributed by atoms with Gasteiger partial charge in [0.2, 0.25) is 5.91 Å². The van der Waals surface area contributed by atoms with Crippen LogP contribution in [0.25, 0.3) is 0 Å². The highest BCUT2D eigenvalue weighted by molar-refractivity contribution is 9.10. The van der Waals surface area contributed by atoms with Crippen LogP contribution in [0.4, 0.5) is 0 Å². The maximum Gasteiger partial charge on any atom is 0.328 e. The van der Waals surface area contributed by atoms with Crippen molar-refractivity contribution >= 4 is 27.8 Å². The van der Waals surface area contributed by atoms with Gasteiger partial charge >= 0.3 is 5.97 Å². The number of nitrogens with one attached hydrogen (secondary N) is 1. The van der Waals surface area contributed by atoms with E-state index < -0.39 is 12.0 Å². The lowest BCUT2D eigenvalue weighted by atomic mass is 10.2. The number of carbonyl (C=O) groups is 2. The second kappa shape index (κ2) is 9.36. The summed E-state index contributed by atoms with van der Waals surface area (Å²) < 4.78 is 11.1. The van der Waals surface area contributed by atoms with E-state index in [1.807, 2.05) is 24.3 Å². The topological polar surface area (TPSA) is 84.9 Å². The van der Waals surface area contributed by atoms with Gasteiger partial charge in [0.05, 0.1) is 17.7 Å². The molecule has 1 rings (SSSR count). The van der Waals surface area contributed by atoms with Gasteiger partial charge in [0.1, 0.15) is 5.75 Å². The van der Waals surface area contributed by atoms with Gasteiger partial charge in [0.25, 0.3) is 0 Å². The highest BCUT2D eigenvalue weighted by Crippen LogP contribution is 2.23. The van der Waals surface area contributed by atoms with Gasteiger partial charge in [-0.2, -0.15) is 0 Å². The number of ether oxygens (including phenoxy) is 2. The van der Waals surface area contributed by atoms with E-state index in [2.05, 4.69) is 21.2 Å². The molecular weight excluding hydrogens is 342 g/mol. The standard InChI is InChI=1S/C14H18BrNO5/c1-20-9-11(14(18)19)16-13(17)7-4-8-21-12-6-3-2-5-10(12)15/h2-3,5-6,11H,4,7-9H2,1H3,(H,16,17)(H,18,19). The third kappa shape index (κ3) is 6.59. The second-order valence-corrected chi connectivity index (χ2v) is 5.15. The van der Waals surface area contributed by atoms with Crippen molar-refractivity contribution in [2.24, 2.45) is 0 Å². The molecule has 1 atom stereocenters. The molecule has 1 unspecified atom stereocenters. The van der Waals surface area contributed by atoms with Crippen molar-refractivity contribution in [3.05, 3.63) is 28.7 Å². The molecule has 0 aliphatic carbocycles. The van der Waals surface area contributed by atoms with Gasteiger partial charge in [-0.05, 0) is 34.5 Å². The quantitative estimate of drug-likeness (QED) is 0.657. The van der Waals surface area contributed by atoms with Crippen LogP contribution in [0.5, 0.6) is 5.75 Å². The summed E-state index contributed by atoms with van der Waals surface area (Å²) in [7, 11) is 1.38. The Kier molecular flexibility index (Phi) is 7.78. The van der Waals surface area contributed by atoms with Crippen LogP contribution in [0, 0.1) is 0 Å². The van der Waals surface area contributed by atoms with Crippen molar-refractivity contribution in [2.75, 3.05) is 20.3 Å². The number of rotatable bonds is 9. The number of methoxy groups -OCH3 is 1. The summed E-state index contributed by atoms with van der Waals surface area (Å²) in [6, 6.07) is 6.40. The molecule has 2 N–H and O–H groups in total. The molecule has 0 fully saturated rings. The van der Waals surface area contributed by atoms with E-state index in [0.717, 1.165) is 4.47 Å². The van der Waals surface area contributed by atoms with Crippen LogP contribution in [0.3, 0.4) is 0 Å². The molecule has 0 spiro atoms. The first-order valence-electron chi connectivity index (χ1n) is 6.43. The first-order valence-corrected chi connectivity index (χ1v) is 7.22. The summed E-state index contributed by atoms with van der Waals surface area (Å²) in [6.45, 7) is 0.312. The summed E-state index contributed by atoms with van der Waals surface area (Å²) in [5.74, 6) is -0.745. The van der Waals surface area contributed by atoms with Crippen molar-refractivity contribution in [2.45, 2.75) is 18.9 Å². The van der Waals surface area contributed by atoms with Crippen LogP contribution in [-0.2, 0) is 14.3 Å². The lowest BCUT2D eigenvalue weighted by Gasteiger charge is -2.13. The van der Waals surface area contributed by atoms with E-state index in [-0.39, 0.29) is 18.9 Å². The molecule has 7 heteroatoms. The van der Waals surface area contributed by atoms with E-state index in [4.69, 9.17) is 14.6 Å². The molecule has 1 aromatic carbocycles. The molecule has 116 valence electrons. The van der Waals surface area contributed by atoms with E-state index in [0.29, 0.717) is 18.8 Å². The molecular formula is C14H18BrNO5. The molecule has 0 heterocycles. The molecule has 6 nitrogen and oxygen atoms in total. The zero-order chi connectivity index (χ0) is 15.7. The Balaban J connectivity index is 2.27. The van der Waals surface area contributed by atoms with Gasteiger partial charge in [-0.15, -0.1) is 0 Å². The van der Waals surface area contributed by atoms with E-state index in [1.165, 1.54) is 7.11 Å². The monoisotopic (exact) mass is 359 g/mol. The van der Waals surface area contributed by atoms with Crippen LogP contribution in [-0.4, -0.2) is 43.3 Å². The number of amides is 1. The Labute approximate surface area is 131 Å². The first-order chi connectivity index (χ1) is 10.0. The molecule has 0 saturated carbocycles. The predicted octanol–water partition coefficient (Wildman–Crippen LogP) is 1.82. The Bertz CT molecular complexity index is 480. The summed E-state index contributed by atoms with van der Waals surface area (Å²) in [5, 5.41) is 11.3. The Hall–Kier alpha value is -1.60. The average molecular weight is 360 g/mol. The molecule has 0 aliphatic heterocycles. The number of carboxylic acid groups (broad SMARTS) is 1. The number of hydrogen-bond donors (Lipinski definition) is 2. The first kappa shape index (κ1) is 17.5. The fourth-order valence-electron chi connectivity index (χ4n) is 1.58. The maximum atomic E-state index is 11.6. The number of benzene rings is 1. The van der Waals surface area contributed by atoms with Gasteiger partial charge in [-0.3, -0.25) is 4.79 Å². The summed E-state index contributed by atoms with van der Waals surface area (Å²) in [5.41, 5.74) is 0. The largest absolute Gasteiger partial charge is 0.492 e. The van der Waals surface area contributed by atoms with Gasteiger partial charge in [0.15, 0.2) is 6.04 Å². The lowest BCUT2D eigenvalue weighted by Crippen LogP contribution is -2.43. The van der Waals surface area contributed by atoms with Gasteiger partial charge in [0, 0.05) is 13.5 Å². The lowest BCUT2D eigenvalue weighted by molar-refractivity contribution is -0.143. The van der Waals surface area contributed by atoms with Crippen molar-refractivity contribution in [3.8, 4) is 5.75 Å². The molecule has 0 aromatic heterocycles. The van der Waals surface area contributed by atoms with Crippen LogP contribution in [0.15, 0.2) is 28.7 Å². The number of para-hydroxylation sites is 1. The van der Waals surface area contributed by atoms with Gasteiger partial charge in [-0.25, -0.2) is 4.79 Å². The minimum absolute atomic E-state index is 0.0610. The highest BCUT2D eigenvalue weighted by atomic mass is 79.9. The maximum absolute atomic E-state index is 11.6. The van der Waals surface area contributed by atoms with E-state index in [1.54, 1.807) is 0 Å². The molecule has 0 aliphatic rings. The number of hydrogen-bond acceptors (Lipinski definition) is 4. The summed E-state index contributed by atoms with van der Waals surface area (Å²) in [4.78, 5) is 22.5. The fourth-order valence-corrected chi connectivity index (χ4v) is 1.98. The zero-order valence-electron chi connectivity index (χ0n) is 11.7. The van der Waals surface area contributed by atoms with Crippen molar-refractivity contribution < 1.29 is 24.2 Å². The van der Waals surface area contributed by atoms with E-state index in [9.17, 15) is 9.59 Å². The smallest absolute Gasteiger partial charge is 0.328 e. The second-order valence-electron chi connectivity index (χ2n) is 4.30. The van der Waals surface area contributed by atoms with E-state index >= 15 is 0 Å². The van der Waals surface area contributed by atoms with Crippen LogP contribution in [0.2, 0.25) is 0 Å². The zero-order valence-corrected chi connectivity index (χ0v) is 13.3. The number of carboxylic acids is 1. The third-order valence-corrected chi connectivity index (χ3v) is 3.26. The summed E-state index contributed by atoms with van der Waals surface area (Å²) in [6.07, 6.45) is 0.685. The van der Waals surface area contributed by atoms with Crippen molar-refractivity contribution in [3.63, 3.8) is 0 Å². The SMILES string of the molecule is COCC(NC(=O)CCCOc1ccccc1Br)C(=O)O. The third-order valence-electron chi connectivity index (χ3n) is 2.61. The van der Waals surface area contributed by atoms with Crippen LogP contribution >= 0.6 is 15.9 Å². The van der Waals surface area contributed by atoms with Crippen molar-refractivity contribution in [1.82, 2.24) is 5.32 Å². The fraction of sp³-hybridized carbons (Fsp3) is 0.429. The molecule has 0 saturated heterocycles. The molecule has 21 heavy (non-hydrogen) atoms. The normalized spacial score (nSPS) is 11.7. The molecule has 1 amide bonds. The molecule has 0 bridgehead atoms. The molecule has 0 radical (unpaired) electrons. The van der Waals surface area contributed by atoms with Gasteiger partial charge < -0.3 is 19.9 Å². The predicted molar refractivity (Wildman–Crippen MR) is 80.3 cm³/mol. The Morgan fingerprint density at radius 2 is 2.10 bits per heavy atom. The number of halogens is 1. The summed E-state index contributed by atoms with van der Waals surface area (Å²) >= 11 is 3.36. The number of carbonyl (C=O) groups excluding carboxylic acids is 1. The van der Waals surface area contributed by atoms with Gasteiger partial charge in [-0.1, -0.05) is 12.1 Å². The Morgan fingerprint density at radius 3 is 2.71 bits per heavy atom. The average Bonchev–Trinajstić information content (AvgIpc) is 2.44.